The Morgan fingerprint density at radius 1 is 1.29 bits per heavy atom. The topological polar surface area (TPSA) is 39.4 Å². The number of aromatic nitrogens is 2. The van der Waals surface area contributed by atoms with Gasteiger partial charge in [-0.2, -0.15) is 0 Å². The van der Waals surface area contributed by atoms with Crippen molar-refractivity contribution in [3.05, 3.63) is 42.0 Å². The average molecular weight is 301 g/mol. The molecule has 0 bridgehead atoms. The summed E-state index contributed by atoms with van der Waals surface area (Å²) in [5.74, 6) is 0.865. The van der Waals surface area contributed by atoms with Gasteiger partial charge in [-0.1, -0.05) is 6.07 Å². The number of hydrogen-bond donors (Lipinski definition) is 0. The molecule has 0 atom stereocenters. The molecule has 5 heteroatoms. The lowest BCUT2D eigenvalue weighted by Crippen LogP contribution is -2.29. The molecular formula is C16H23N3OSi. The number of rotatable bonds is 4. The minimum Gasteiger partial charge on any atom is -0.543 e. The highest BCUT2D eigenvalue weighted by Crippen LogP contribution is 2.31. The Morgan fingerprint density at radius 2 is 2.00 bits per heavy atom. The third kappa shape index (κ3) is 4.29. The summed E-state index contributed by atoms with van der Waals surface area (Å²) in [6.07, 6.45) is 3.75. The van der Waals surface area contributed by atoms with Gasteiger partial charge < -0.3 is 8.99 Å². The third-order valence-electron chi connectivity index (χ3n) is 2.90. The molecular weight excluding hydrogens is 278 g/mol. The first-order valence-corrected chi connectivity index (χ1v) is 10.5. The number of aliphatic imine (C=N–C) groups is 1. The summed E-state index contributed by atoms with van der Waals surface area (Å²) < 4.78 is 8.08. The second-order valence-electron chi connectivity index (χ2n) is 6.31. The van der Waals surface area contributed by atoms with Crippen molar-refractivity contribution in [2.75, 3.05) is 0 Å². The predicted molar refractivity (Wildman–Crippen MR) is 90.2 cm³/mol. The molecule has 21 heavy (non-hydrogen) atoms. The minimum absolute atomic E-state index is 0.865. The van der Waals surface area contributed by atoms with E-state index in [0.29, 0.717) is 0 Å². The molecule has 1 aromatic heterocycles. The summed E-state index contributed by atoms with van der Waals surface area (Å²) in [4.78, 5) is 9.04. The summed E-state index contributed by atoms with van der Waals surface area (Å²) >= 11 is 0. The average Bonchev–Trinajstić information content (AvgIpc) is 2.77. The summed E-state index contributed by atoms with van der Waals surface area (Å²) in [6.45, 7) is 10.6. The Bertz CT molecular complexity index is 668. The molecule has 0 saturated heterocycles. The highest BCUT2D eigenvalue weighted by Gasteiger charge is 2.18. The van der Waals surface area contributed by atoms with Crippen molar-refractivity contribution in [3.63, 3.8) is 0 Å². The monoisotopic (exact) mass is 301 g/mol. The van der Waals surface area contributed by atoms with Crippen molar-refractivity contribution in [3.8, 4) is 5.75 Å². The van der Waals surface area contributed by atoms with Crippen LogP contribution in [-0.2, 0) is 7.05 Å². The molecule has 0 aliphatic carbocycles. The van der Waals surface area contributed by atoms with Gasteiger partial charge >= 0.3 is 0 Å². The smallest absolute Gasteiger partial charge is 0.242 e. The zero-order valence-electron chi connectivity index (χ0n) is 13.6. The fourth-order valence-corrected chi connectivity index (χ4v) is 2.79. The zero-order valence-corrected chi connectivity index (χ0v) is 14.6. The van der Waals surface area contributed by atoms with E-state index in [0.717, 1.165) is 22.8 Å². The highest BCUT2D eigenvalue weighted by atomic mass is 28.4. The Morgan fingerprint density at radius 3 is 2.57 bits per heavy atom. The lowest BCUT2D eigenvalue weighted by Gasteiger charge is -2.21. The quantitative estimate of drug-likeness (QED) is 0.630. The highest BCUT2D eigenvalue weighted by molar-refractivity contribution is 6.70. The van der Waals surface area contributed by atoms with E-state index in [1.165, 1.54) is 5.56 Å². The summed E-state index contributed by atoms with van der Waals surface area (Å²) in [5, 5.41) is 0. The molecule has 0 fully saturated rings. The number of imidazole rings is 1. The molecule has 0 saturated carbocycles. The van der Waals surface area contributed by atoms with E-state index in [1.807, 2.05) is 30.8 Å². The molecule has 112 valence electrons. The van der Waals surface area contributed by atoms with Crippen molar-refractivity contribution < 1.29 is 4.43 Å². The Kier molecular flexibility index (Phi) is 4.32. The van der Waals surface area contributed by atoms with E-state index in [2.05, 4.69) is 43.7 Å². The van der Waals surface area contributed by atoms with Gasteiger partial charge in [-0.3, -0.25) is 0 Å². The maximum Gasteiger partial charge on any atom is 0.242 e. The number of benzene rings is 1. The van der Waals surface area contributed by atoms with Crippen molar-refractivity contribution >= 4 is 19.7 Å². The van der Waals surface area contributed by atoms with E-state index in [9.17, 15) is 0 Å². The molecule has 1 aromatic carbocycles. The fraction of sp³-hybridized carbons (Fsp3) is 0.375. The first-order chi connectivity index (χ1) is 9.74. The molecule has 4 nitrogen and oxygen atoms in total. The van der Waals surface area contributed by atoms with Crippen LogP contribution in [0.5, 0.6) is 5.75 Å². The van der Waals surface area contributed by atoms with Crippen molar-refractivity contribution in [2.45, 2.75) is 33.5 Å². The Balaban J connectivity index is 2.39. The first kappa shape index (κ1) is 15.5. The molecule has 0 unspecified atom stereocenters. The van der Waals surface area contributed by atoms with E-state index in [1.54, 1.807) is 6.33 Å². The standard InChI is InChI=1S/C16H23N3OSi/c1-12-7-8-14(16(9-12)20-21(4,5)6)18-13(2)15-10-19(3)11-17-15/h7-11H,1-6H3. The van der Waals surface area contributed by atoms with Gasteiger partial charge in [0.05, 0.1) is 12.0 Å². The van der Waals surface area contributed by atoms with Crippen LogP contribution in [0.3, 0.4) is 0 Å². The molecule has 0 aliphatic heterocycles. The normalized spacial score (nSPS) is 12.6. The van der Waals surface area contributed by atoms with Crippen molar-refractivity contribution in [2.24, 2.45) is 12.0 Å². The van der Waals surface area contributed by atoms with E-state index >= 15 is 0 Å². The van der Waals surface area contributed by atoms with Crippen LogP contribution in [0.1, 0.15) is 18.2 Å². The van der Waals surface area contributed by atoms with E-state index < -0.39 is 8.32 Å². The Labute approximate surface area is 127 Å². The van der Waals surface area contributed by atoms with Crippen LogP contribution in [-0.4, -0.2) is 23.6 Å². The number of aryl methyl sites for hydroxylation is 2. The van der Waals surface area contributed by atoms with Crippen LogP contribution in [0.15, 0.2) is 35.7 Å². The van der Waals surface area contributed by atoms with Gasteiger partial charge in [0.25, 0.3) is 0 Å². The first-order valence-electron chi connectivity index (χ1n) is 7.08. The zero-order chi connectivity index (χ0) is 15.6. The Hall–Kier alpha value is -1.88. The van der Waals surface area contributed by atoms with Crippen LogP contribution in [0.2, 0.25) is 19.6 Å². The van der Waals surface area contributed by atoms with E-state index in [-0.39, 0.29) is 0 Å². The molecule has 0 amide bonds. The van der Waals surface area contributed by atoms with Gasteiger partial charge in [-0.15, -0.1) is 0 Å². The van der Waals surface area contributed by atoms with Crippen LogP contribution < -0.4 is 4.43 Å². The SMILES string of the molecule is CC(=Nc1ccc(C)cc1O[Si](C)(C)C)c1cn(C)cn1. The molecule has 1 heterocycles. The van der Waals surface area contributed by atoms with Gasteiger partial charge in [0, 0.05) is 13.2 Å². The molecule has 0 radical (unpaired) electrons. The second kappa shape index (κ2) is 5.85. The molecule has 0 N–H and O–H groups in total. The van der Waals surface area contributed by atoms with Crippen LogP contribution >= 0.6 is 0 Å². The van der Waals surface area contributed by atoms with Crippen molar-refractivity contribution in [1.82, 2.24) is 9.55 Å². The van der Waals surface area contributed by atoms with Crippen LogP contribution in [0.4, 0.5) is 5.69 Å². The molecule has 0 aliphatic rings. The van der Waals surface area contributed by atoms with Crippen LogP contribution in [0.25, 0.3) is 0 Å². The van der Waals surface area contributed by atoms with Gasteiger partial charge in [0.15, 0.2) is 0 Å². The lowest BCUT2D eigenvalue weighted by atomic mass is 10.2. The second-order valence-corrected chi connectivity index (χ2v) is 10.7. The molecule has 2 aromatic rings. The molecule has 0 spiro atoms. The summed E-state index contributed by atoms with van der Waals surface area (Å²) in [7, 11) is 0.286. The van der Waals surface area contributed by atoms with Gasteiger partial charge in [-0.25, -0.2) is 9.98 Å². The lowest BCUT2D eigenvalue weighted by molar-refractivity contribution is 0.558. The maximum atomic E-state index is 6.16. The molecule has 2 rings (SSSR count). The number of nitrogens with zero attached hydrogens (tertiary/aromatic N) is 3. The largest absolute Gasteiger partial charge is 0.543 e. The van der Waals surface area contributed by atoms with Crippen molar-refractivity contribution in [1.29, 1.82) is 0 Å². The van der Waals surface area contributed by atoms with E-state index in [4.69, 9.17) is 9.42 Å². The predicted octanol–water partition coefficient (Wildman–Crippen LogP) is 4.08. The maximum absolute atomic E-state index is 6.16. The summed E-state index contributed by atoms with van der Waals surface area (Å²) in [5.41, 5.74) is 3.82. The van der Waals surface area contributed by atoms with Crippen LogP contribution in [0, 0.1) is 6.92 Å². The third-order valence-corrected chi connectivity index (χ3v) is 3.73. The van der Waals surface area contributed by atoms with Gasteiger partial charge in [-0.05, 0) is 51.2 Å². The summed E-state index contributed by atoms with van der Waals surface area (Å²) in [6, 6.07) is 6.13. The van der Waals surface area contributed by atoms with Gasteiger partial charge in [0.2, 0.25) is 8.32 Å². The minimum atomic E-state index is -1.67. The number of hydrogen-bond acceptors (Lipinski definition) is 3. The van der Waals surface area contributed by atoms with Gasteiger partial charge in [0.1, 0.15) is 17.1 Å². The fourth-order valence-electron chi connectivity index (χ4n) is 1.96.